The molecule has 90 valence electrons. The molecule has 2 aromatic carbocycles. The fourth-order valence-corrected chi connectivity index (χ4v) is 2.02. The van der Waals surface area contributed by atoms with Crippen molar-refractivity contribution < 1.29 is 0 Å². The average molecular weight is 245 g/mol. The molecule has 0 unspecified atom stereocenters. The lowest BCUT2D eigenvalue weighted by molar-refractivity contribution is 1.26. The third-order valence-corrected chi connectivity index (χ3v) is 2.95. The Bertz CT molecular complexity index is 750. The van der Waals surface area contributed by atoms with Crippen LogP contribution >= 0.6 is 0 Å². The van der Waals surface area contributed by atoms with Gasteiger partial charge in [-0.15, -0.1) is 0 Å². The van der Waals surface area contributed by atoms with Crippen molar-refractivity contribution in [2.24, 2.45) is 0 Å². The summed E-state index contributed by atoms with van der Waals surface area (Å²) in [6.45, 7) is 0. The van der Waals surface area contributed by atoms with Crippen molar-refractivity contribution in [1.29, 1.82) is 5.26 Å². The summed E-state index contributed by atoms with van der Waals surface area (Å²) < 4.78 is 0. The van der Waals surface area contributed by atoms with E-state index in [0.29, 0.717) is 5.69 Å². The highest BCUT2D eigenvalue weighted by atomic mass is 14.9. The van der Waals surface area contributed by atoms with Gasteiger partial charge < -0.3 is 5.32 Å². The maximum atomic E-state index is 8.73. The van der Waals surface area contributed by atoms with Crippen molar-refractivity contribution >= 4 is 22.1 Å². The largest absolute Gasteiger partial charge is 0.354 e. The molecule has 0 saturated heterocycles. The topological polar surface area (TPSA) is 48.7 Å². The smallest absolute Gasteiger partial charge is 0.140 e. The third-order valence-electron chi connectivity index (χ3n) is 2.95. The van der Waals surface area contributed by atoms with E-state index in [1.165, 1.54) is 5.39 Å². The maximum Gasteiger partial charge on any atom is 0.140 e. The summed E-state index contributed by atoms with van der Waals surface area (Å²) in [5.41, 5.74) is 2.32. The summed E-state index contributed by atoms with van der Waals surface area (Å²) in [7, 11) is 0. The summed E-state index contributed by atoms with van der Waals surface area (Å²) in [6, 6.07) is 19.9. The van der Waals surface area contributed by atoms with E-state index in [0.717, 1.165) is 16.8 Å². The van der Waals surface area contributed by atoms with Crippen LogP contribution in [0.25, 0.3) is 10.8 Å². The molecule has 3 rings (SSSR count). The van der Waals surface area contributed by atoms with Crippen LogP contribution in [-0.4, -0.2) is 4.98 Å². The number of nitrogens with zero attached hydrogens (tertiary/aromatic N) is 2. The molecule has 0 amide bonds. The van der Waals surface area contributed by atoms with Crippen molar-refractivity contribution in [2.75, 3.05) is 5.32 Å². The molecule has 0 spiro atoms. The number of nitriles is 1. The number of nitrogens with one attached hydrogen (secondary N) is 1. The zero-order valence-corrected chi connectivity index (χ0v) is 10.2. The molecule has 1 N–H and O–H groups in total. The van der Waals surface area contributed by atoms with Crippen LogP contribution < -0.4 is 5.32 Å². The molecule has 0 fully saturated rings. The highest BCUT2D eigenvalue weighted by Gasteiger charge is 2.01. The standard InChI is InChI=1S/C16H11N3/c17-10-13-8-9-14(11-18-13)19-16-7-3-5-12-4-1-2-6-15(12)16/h1-9,11,19H. The van der Waals surface area contributed by atoms with Gasteiger partial charge in [0.1, 0.15) is 11.8 Å². The first-order chi connectivity index (χ1) is 9.36. The minimum atomic E-state index is 0.420. The monoisotopic (exact) mass is 245 g/mol. The van der Waals surface area contributed by atoms with Gasteiger partial charge in [0.05, 0.1) is 11.9 Å². The predicted molar refractivity (Wildman–Crippen MR) is 76.2 cm³/mol. The van der Waals surface area contributed by atoms with Crippen molar-refractivity contribution in [3.63, 3.8) is 0 Å². The van der Waals surface area contributed by atoms with E-state index in [-0.39, 0.29) is 0 Å². The van der Waals surface area contributed by atoms with E-state index >= 15 is 0 Å². The van der Waals surface area contributed by atoms with Gasteiger partial charge in [0.25, 0.3) is 0 Å². The van der Waals surface area contributed by atoms with Crippen molar-refractivity contribution in [1.82, 2.24) is 4.98 Å². The molecular formula is C16H11N3. The lowest BCUT2D eigenvalue weighted by Crippen LogP contribution is -1.93. The molecular weight excluding hydrogens is 234 g/mol. The normalized spacial score (nSPS) is 10.1. The summed E-state index contributed by atoms with van der Waals surface area (Å²) >= 11 is 0. The van der Waals surface area contributed by atoms with Crippen LogP contribution in [0.1, 0.15) is 5.69 Å². The number of hydrogen-bond acceptors (Lipinski definition) is 3. The van der Waals surface area contributed by atoms with Crippen molar-refractivity contribution in [2.45, 2.75) is 0 Å². The molecule has 0 atom stereocenters. The zero-order chi connectivity index (χ0) is 13.1. The molecule has 0 saturated carbocycles. The number of anilines is 2. The minimum absolute atomic E-state index is 0.420. The van der Waals surface area contributed by atoms with Gasteiger partial charge in [-0.25, -0.2) is 4.98 Å². The zero-order valence-electron chi connectivity index (χ0n) is 10.2. The minimum Gasteiger partial charge on any atom is -0.354 e. The van der Waals surface area contributed by atoms with Crippen LogP contribution in [0.5, 0.6) is 0 Å². The first-order valence-electron chi connectivity index (χ1n) is 5.98. The summed E-state index contributed by atoms with van der Waals surface area (Å²) in [5.74, 6) is 0. The number of benzene rings is 2. The molecule has 19 heavy (non-hydrogen) atoms. The molecule has 0 bridgehead atoms. The predicted octanol–water partition coefficient (Wildman–Crippen LogP) is 3.85. The van der Waals surface area contributed by atoms with Crippen LogP contribution in [0.15, 0.2) is 60.8 Å². The first-order valence-corrected chi connectivity index (χ1v) is 5.98. The second kappa shape index (κ2) is 4.79. The van der Waals surface area contributed by atoms with Crippen molar-refractivity contribution in [3.05, 3.63) is 66.5 Å². The second-order valence-electron chi connectivity index (χ2n) is 4.20. The molecule has 3 heteroatoms. The Hall–Kier alpha value is -2.86. The number of pyridine rings is 1. The molecule has 3 nitrogen and oxygen atoms in total. The molecule has 1 heterocycles. The number of rotatable bonds is 2. The second-order valence-corrected chi connectivity index (χ2v) is 4.20. The van der Waals surface area contributed by atoms with E-state index in [2.05, 4.69) is 28.5 Å². The third kappa shape index (κ3) is 2.24. The Kier molecular flexibility index (Phi) is 2.83. The van der Waals surface area contributed by atoms with Crippen LogP contribution in [0.2, 0.25) is 0 Å². The molecule has 0 aliphatic rings. The number of hydrogen-bond donors (Lipinski definition) is 1. The number of fused-ring (bicyclic) bond motifs is 1. The van der Waals surface area contributed by atoms with E-state index < -0.39 is 0 Å². The van der Waals surface area contributed by atoms with Gasteiger partial charge in [0.2, 0.25) is 0 Å². The fraction of sp³-hybridized carbons (Fsp3) is 0. The van der Waals surface area contributed by atoms with E-state index in [1.807, 2.05) is 36.4 Å². The van der Waals surface area contributed by atoms with E-state index in [9.17, 15) is 0 Å². The van der Waals surface area contributed by atoms with E-state index in [1.54, 1.807) is 12.3 Å². The molecule has 0 radical (unpaired) electrons. The van der Waals surface area contributed by atoms with Crippen molar-refractivity contribution in [3.8, 4) is 6.07 Å². The maximum absolute atomic E-state index is 8.73. The average Bonchev–Trinajstić information content (AvgIpc) is 2.48. The van der Waals surface area contributed by atoms with Gasteiger partial charge >= 0.3 is 0 Å². The summed E-state index contributed by atoms with van der Waals surface area (Å²) in [6.07, 6.45) is 1.67. The molecule has 0 aliphatic carbocycles. The Morgan fingerprint density at radius 2 is 1.79 bits per heavy atom. The molecule has 0 aliphatic heterocycles. The van der Waals surface area contributed by atoms with Gasteiger partial charge in [0, 0.05) is 11.1 Å². The van der Waals surface area contributed by atoms with Gasteiger partial charge in [0.15, 0.2) is 0 Å². The molecule has 3 aromatic rings. The summed E-state index contributed by atoms with van der Waals surface area (Å²) in [5, 5.41) is 14.4. The SMILES string of the molecule is N#Cc1ccc(Nc2cccc3ccccc23)cn1. The van der Waals surface area contributed by atoms with Crippen LogP contribution in [0.4, 0.5) is 11.4 Å². The van der Waals surface area contributed by atoms with Crippen LogP contribution in [0.3, 0.4) is 0 Å². The highest BCUT2D eigenvalue weighted by molar-refractivity contribution is 5.95. The molecule has 1 aromatic heterocycles. The van der Waals surface area contributed by atoms with Gasteiger partial charge in [-0.05, 0) is 23.6 Å². The Morgan fingerprint density at radius 1 is 0.947 bits per heavy atom. The quantitative estimate of drug-likeness (QED) is 0.746. The van der Waals surface area contributed by atoms with Gasteiger partial charge in [-0.3, -0.25) is 0 Å². The number of aromatic nitrogens is 1. The lowest BCUT2D eigenvalue weighted by Gasteiger charge is -2.09. The van der Waals surface area contributed by atoms with Crippen LogP contribution in [-0.2, 0) is 0 Å². The lowest BCUT2D eigenvalue weighted by atomic mass is 10.1. The first kappa shape index (κ1) is 11.2. The van der Waals surface area contributed by atoms with Crippen LogP contribution in [0, 0.1) is 11.3 Å². The Labute approximate surface area is 111 Å². The van der Waals surface area contributed by atoms with E-state index in [4.69, 9.17) is 5.26 Å². The fourth-order valence-electron chi connectivity index (χ4n) is 2.02. The highest BCUT2D eigenvalue weighted by Crippen LogP contribution is 2.25. The Balaban J connectivity index is 1.99. The Morgan fingerprint density at radius 3 is 2.58 bits per heavy atom. The summed E-state index contributed by atoms with van der Waals surface area (Å²) in [4.78, 5) is 4.05. The van der Waals surface area contributed by atoms with Gasteiger partial charge in [-0.2, -0.15) is 5.26 Å². The van der Waals surface area contributed by atoms with Gasteiger partial charge in [-0.1, -0.05) is 36.4 Å².